The highest BCUT2D eigenvalue weighted by molar-refractivity contribution is 7.99. The molecule has 3 N–H and O–H groups in total. The van der Waals surface area contributed by atoms with E-state index in [-0.39, 0.29) is 0 Å². The van der Waals surface area contributed by atoms with E-state index in [0.717, 1.165) is 23.4 Å². The van der Waals surface area contributed by atoms with Crippen molar-refractivity contribution in [1.82, 2.24) is 19.9 Å². The van der Waals surface area contributed by atoms with Gasteiger partial charge in [0.15, 0.2) is 5.16 Å². The lowest BCUT2D eigenvalue weighted by Crippen LogP contribution is -2.12. The van der Waals surface area contributed by atoms with Crippen LogP contribution in [0.5, 0.6) is 0 Å². The van der Waals surface area contributed by atoms with Crippen molar-refractivity contribution < 1.29 is 0 Å². The second-order valence-electron chi connectivity index (χ2n) is 3.53. The van der Waals surface area contributed by atoms with E-state index in [1.807, 2.05) is 0 Å². The van der Waals surface area contributed by atoms with Gasteiger partial charge in [0.05, 0.1) is 0 Å². The molecule has 94 valence electrons. The summed E-state index contributed by atoms with van der Waals surface area (Å²) < 4.78 is 0. The van der Waals surface area contributed by atoms with Crippen LogP contribution in [-0.4, -0.2) is 19.9 Å². The van der Waals surface area contributed by atoms with Crippen LogP contribution in [0.1, 0.15) is 18.9 Å². The van der Waals surface area contributed by atoms with E-state index in [2.05, 4.69) is 32.3 Å². The molecule has 0 bridgehead atoms. The lowest BCUT2D eigenvalue weighted by molar-refractivity contribution is 0.852. The first-order chi connectivity index (χ1) is 8.85. The van der Waals surface area contributed by atoms with Crippen LogP contribution in [0.15, 0.2) is 35.0 Å². The summed E-state index contributed by atoms with van der Waals surface area (Å²) in [5.74, 6) is 6.12. The summed E-state index contributed by atoms with van der Waals surface area (Å²) >= 11 is 1.41. The topological polar surface area (TPSA) is 89.6 Å². The van der Waals surface area contributed by atoms with Crippen LogP contribution in [0.3, 0.4) is 0 Å². The summed E-state index contributed by atoms with van der Waals surface area (Å²) in [6.07, 6.45) is 6.75. The first kappa shape index (κ1) is 12.7. The first-order valence-corrected chi connectivity index (χ1v) is 6.42. The minimum atomic E-state index is 0.658. The number of nitrogens with zero attached hydrogens (tertiary/aromatic N) is 4. The maximum absolute atomic E-state index is 5.46. The Kier molecular flexibility index (Phi) is 4.43. The Morgan fingerprint density at radius 2 is 2.00 bits per heavy atom. The Morgan fingerprint density at radius 1 is 1.22 bits per heavy atom. The van der Waals surface area contributed by atoms with Gasteiger partial charge < -0.3 is 5.43 Å². The van der Waals surface area contributed by atoms with E-state index in [1.165, 1.54) is 18.1 Å². The molecule has 0 atom stereocenters. The van der Waals surface area contributed by atoms with Gasteiger partial charge in [0.25, 0.3) is 0 Å². The van der Waals surface area contributed by atoms with Crippen LogP contribution in [-0.2, 0) is 6.42 Å². The lowest BCUT2D eigenvalue weighted by atomic mass is 10.2. The van der Waals surface area contributed by atoms with Crippen molar-refractivity contribution in [3.05, 3.63) is 30.4 Å². The van der Waals surface area contributed by atoms with Gasteiger partial charge in [0.2, 0.25) is 0 Å². The van der Waals surface area contributed by atoms with Crippen molar-refractivity contribution in [3.63, 3.8) is 0 Å². The van der Waals surface area contributed by atoms with Gasteiger partial charge in [-0.05, 0) is 24.2 Å². The van der Waals surface area contributed by atoms with E-state index in [9.17, 15) is 0 Å². The van der Waals surface area contributed by atoms with Crippen molar-refractivity contribution in [2.24, 2.45) is 5.84 Å². The molecule has 0 saturated carbocycles. The predicted molar refractivity (Wildman–Crippen MR) is 70.0 cm³/mol. The number of hydrogen-bond acceptors (Lipinski definition) is 7. The molecule has 0 amide bonds. The molecular formula is C11H14N6S. The summed E-state index contributed by atoms with van der Waals surface area (Å²) in [4.78, 5) is 16.7. The zero-order valence-electron chi connectivity index (χ0n) is 10.00. The fraction of sp³-hybridized carbons (Fsp3) is 0.273. The molecule has 0 aromatic carbocycles. The second-order valence-corrected chi connectivity index (χ2v) is 4.49. The molecule has 2 heterocycles. The third-order valence-electron chi connectivity index (χ3n) is 2.27. The molecule has 2 rings (SSSR count). The maximum atomic E-state index is 5.46. The number of hydrogen-bond donors (Lipinski definition) is 2. The summed E-state index contributed by atoms with van der Waals surface area (Å²) in [5.41, 5.74) is 3.60. The van der Waals surface area contributed by atoms with Crippen molar-refractivity contribution in [2.45, 2.75) is 29.9 Å². The minimum absolute atomic E-state index is 0.658. The number of aromatic nitrogens is 4. The van der Waals surface area contributed by atoms with E-state index in [1.54, 1.807) is 18.5 Å². The summed E-state index contributed by atoms with van der Waals surface area (Å²) in [7, 11) is 0. The molecule has 0 spiro atoms. The number of nitrogen functional groups attached to an aromatic ring is 1. The summed E-state index contributed by atoms with van der Waals surface area (Å²) in [6, 6.07) is 1.78. The summed E-state index contributed by atoms with van der Waals surface area (Å²) in [5, 5.41) is 1.50. The van der Waals surface area contributed by atoms with Crippen LogP contribution >= 0.6 is 11.8 Å². The second kappa shape index (κ2) is 6.27. The van der Waals surface area contributed by atoms with E-state index in [0.29, 0.717) is 11.0 Å². The molecule has 6 nitrogen and oxygen atoms in total. The maximum Gasteiger partial charge on any atom is 0.193 e. The Balaban J connectivity index is 2.32. The molecule has 0 aliphatic carbocycles. The standard InChI is InChI=1S/C11H14N6S/c1-2-4-8-9(17-12)15-7-16-10(8)18-11-13-5-3-6-14-11/h3,5-7H,2,4,12H2,1H3,(H,15,16,17). The van der Waals surface area contributed by atoms with Crippen LogP contribution in [0.25, 0.3) is 0 Å². The number of anilines is 1. The SMILES string of the molecule is CCCc1c(NN)ncnc1Sc1ncccn1. The van der Waals surface area contributed by atoms with Gasteiger partial charge >= 0.3 is 0 Å². The largest absolute Gasteiger partial charge is 0.308 e. The van der Waals surface area contributed by atoms with Crippen LogP contribution in [0.2, 0.25) is 0 Å². The summed E-state index contributed by atoms with van der Waals surface area (Å²) in [6.45, 7) is 2.10. The smallest absolute Gasteiger partial charge is 0.193 e. The van der Waals surface area contributed by atoms with Crippen LogP contribution < -0.4 is 11.3 Å². The van der Waals surface area contributed by atoms with Gasteiger partial charge in [-0.2, -0.15) is 0 Å². The molecule has 0 aliphatic rings. The average Bonchev–Trinajstić information content (AvgIpc) is 2.42. The van der Waals surface area contributed by atoms with Gasteiger partial charge in [-0.15, -0.1) is 0 Å². The molecule has 2 aromatic rings. The van der Waals surface area contributed by atoms with Crippen LogP contribution in [0.4, 0.5) is 5.82 Å². The molecule has 0 unspecified atom stereocenters. The lowest BCUT2D eigenvalue weighted by Gasteiger charge is -2.10. The molecule has 0 aliphatic heterocycles. The zero-order chi connectivity index (χ0) is 12.8. The van der Waals surface area contributed by atoms with Crippen molar-refractivity contribution in [3.8, 4) is 0 Å². The van der Waals surface area contributed by atoms with Gasteiger partial charge in [-0.1, -0.05) is 13.3 Å². The average molecular weight is 262 g/mol. The Hall–Kier alpha value is -1.73. The normalized spacial score (nSPS) is 10.3. The number of nitrogens with two attached hydrogens (primary N) is 1. The molecule has 7 heteroatoms. The van der Waals surface area contributed by atoms with Gasteiger partial charge in [0.1, 0.15) is 17.2 Å². The van der Waals surface area contributed by atoms with Gasteiger partial charge in [-0.25, -0.2) is 25.8 Å². The Morgan fingerprint density at radius 3 is 2.67 bits per heavy atom. The quantitative estimate of drug-likeness (QED) is 0.366. The number of rotatable bonds is 5. The number of nitrogens with one attached hydrogen (secondary N) is 1. The molecular weight excluding hydrogens is 248 g/mol. The van der Waals surface area contributed by atoms with E-state index < -0.39 is 0 Å². The van der Waals surface area contributed by atoms with Crippen molar-refractivity contribution in [1.29, 1.82) is 0 Å². The first-order valence-electron chi connectivity index (χ1n) is 5.60. The van der Waals surface area contributed by atoms with Gasteiger partial charge in [0, 0.05) is 18.0 Å². The third kappa shape index (κ3) is 2.93. The highest BCUT2D eigenvalue weighted by atomic mass is 32.2. The Labute approximate surface area is 109 Å². The van der Waals surface area contributed by atoms with Crippen molar-refractivity contribution in [2.75, 3.05) is 5.43 Å². The van der Waals surface area contributed by atoms with Crippen LogP contribution in [0, 0.1) is 0 Å². The highest BCUT2D eigenvalue weighted by Gasteiger charge is 2.12. The van der Waals surface area contributed by atoms with E-state index in [4.69, 9.17) is 5.84 Å². The molecule has 18 heavy (non-hydrogen) atoms. The molecule has 0 saturated heterocycles. The molecule has 2 aromatic heterocycles. The minimum Gasteiger partial charge on any atom is -0.308 e. The third-order valence-corrected chi connectivity index (χ3v) is 3.21. The van der Waals surface area contributed by atoms with Crippen molar-refractivity contribution >= 4 is 17.6 Å². The number of hydrazine groups is 1. The molecule has 0 fully saturated rings. The predicted octanol–water partition coefficient (Wildman–Crippen LogP) is 1.66. The fourth-order valence-electron chi connectivity index (χ4n) is 1.51. The Bertz CT molecular complexity index is 504. The highest BCUT2D eigenvalue weighted by Crippen LogP contribution is 2.29. The van der Waals surface area contributed by atoms with E-state index >= 15 is 0 Å². The monoisotopic (exact) mass is 262 g/mol. The zero-order valence-corrected chi connectivity index (χ0v) is 10.8. The fourth-order valence-corrected chi connectivity index (χ4v) is 2.33. The molecule has 0 radical (unpaired) electrons. The van der Waals surface area contributed by atoms with Gasteiger partial charge in [-0.3, -0.25) is 0 Å².